The van der Waals surface area contributed by atoms with Crippen molar-refractivity contribution >= 4 is 28.7 Å². The van der Waals surface area contributed by atoms with E-state index in [1.54, 1.807) is 0 Å². The van der Waals surface area contributed by atoms with Crippen molar-refractivity contribution in [3.63, 3.8) is 0 Å². The van der Waals surface area contributed by atoms with Gasteiger partial charge in [-0.15, -0.1) is 0 Å². The Bertz CT molecular complexity index is 1510. The molecule has 0 aliphatic carbocycles. The zero-order valence-corrected chi connectivity index (χ0v) is 19.1. The van der Waals surface area contributed by atoms with E-state index in [1.807, 2.05) is 0 Å². The molecule has 0 amide bonds. The molecule has 0 aliphatic rings. The van der Waals surface area contributed by atoms with Crippen LogP contribution in [0.3, 0.4) is 0 Å². The van der Waals surface area contributed by atoms with Gasteiger partial charge in [0.15, 0.2) is 5.58 Å². The van der Waals surface area contributed by atoms with Crippen LogP contribution in [-0.2, 0) is 7.05 Å². The maximum atomic E-state index is 14.5. The minimum Gasteiger partial charge on any atom is -0.478 e. The van der Waals surface area contributed by atoms with Gasteiger partial charge in [0.2, 0.25) is 0 Å². The maximum absolute atomic E-state index is 14.5. The second-order valence-corrected chi connectivity index (χ2v) is 8.61. The van der Waals surface area contributed by atoms with E-state index in [-0.39, 0.29) is 38.4 Å². The van der Waals surface area contributed by atoms with Crippen molar-refractivity contribution in [2.45, 2.75) is 24.9 Å². The summed E-state index contributed by atoms with van der Waals surface area (Å²) in [4.78, 5) is 22.8. The molecule has 4 rings (SSSR count). The standard InChI is InChI=1S/C25H18ClF4NO4/c1-12(22(25(28,29)30)14-5-8-21-20(11-14)31(2)24(34)35-21)16-6-3-13(9-18(16)26)17-7-4-15(23(32)33)10-19(17)27/h3-12,22H,1-2H3,(H,32,33). The number of fused-ring (bicyclic) bond motifs is 1. The van der Waals surface area contributed by atoms with E-state index in [4.69, 9.17) is 21.1 Å². The molecule has 182 valence electrons. The largest absolute Gasteiger partial charge is 0.478 e. The molecule has 4 aromatic rings. The maximum Gasteiger partial charge on any atom is 0.419 e. The minimum atomic E-state index is -4.64. The number of aryl methyl sites for hydroxylation is 1. The number of carboxylic acid groups (broad SMARTS) is 1. The topological polar surface area (TPSA) is 72.4 Å². The molecule has 10 heteroatoms. The third-order valence-electron chi connectivity index (χ3n) is 6.05. The molecule has 0 fully saturated rings. The Labute approximate surface area is 201 Å². The molecular weight excluding hydrogens is 490 g/mol. The number of hydrogen-bond donors (Lipinski definition) is 1. The molecule has 35 heavy (non-hydrogen) atoms. The van der Waals surface area contributed by atoms with Crippen molar-refractivity contribution < 1.29 is 31.9 Å². The molecule has 0 spiro atoms. The van der Waals surface area contributed by atoms with Crippen molar-refractivity contribution in [3.8, 4) is 11.1 Å². The van der Waals surface area contributed by atoms with E-state index < -0.39 is 35.6 Å². The fourth-order valence-electron chi connectivity index (χ4n) is 4.22. The van der Waals surface area contributed by atoms with E-state index in [9.17, 15) is 27.2 Å². The third-order valence-corrected chi connectivity index (χ3v) is 6.37. The Hall–Kier alpha value is -3.59. The highest BCUT2D eigenvalue weighted by Gasteiger charge is 2.45. The van der Waals surface area contributed by atoms with Gasteiger partial charge >= 0.3 is 17.9 Å². The molecule has 5 nitrogen and oxygen atoms in total. The van der Waals surface area contributed by atoms with Gasteiger partial charge in [-0.05, 0) is 52.9 Å². The predicted octanol–water partition coefficient (Wildman–Crippen LogP) is 6.74. The number of aromatic nitrogens is 1. The molecule has 3 aromatic carbocycles. The van der Waals surface area contributed by atoms with Gasteiger partial charge in [-0.1, -0.05) is 42.8 Å². The average molecular weight is 508 g/mol. The lowest BCUT2D eigenvalue weighted by atomic mass is 9.81. The molecule has 1 heterocycles. The van der Waals surface area contributed by atoms with Crippen molar-refractivity contribution in [1.82, 2.24) is 4.57 Å². The van der Waals surface area contributed by atoms with Crippen LogP contribution in [0.15, 0.2) is 63.8 Å². The van der Waals surface area contributed by atoms with Crippen LogP contribution in [0.5, 0.6) is 0 Å². The fraction of sp³-hybridized carbons (Fsp3) is 0.200. The summed E-state index contributed by atoms with van der Waals surface area (Å²) in [7, 11) is 1.40. The molecule has 2 unspecified atom stereocenters. The second-order valence-electron chi connectivity index (χ2n) is 8.20. The number of hydrogen-bond acceptors (Lipinski definition) is 3. The van der Waals surface area contributed by atoms with E-state index in [0.717, 1.165) is 10.6 Å². The zero-order valence-electron chi connectivity index (χ0n) is 18.4. The Kier molecular flexibility index (Phi) is 6.23. The van der Waals surface area contributed by atoms with Crippen molar-refractivity contribution in [3.05, 3.63) is 92.7 Å². The minimum absolute atomic E-state index is 0.00255. The zero-order chi connectivity index (χ0) is 25.7. The van der Waals surface area contributed by atoms with E-state index in [0.29, 0.717) is 5.56 Å². The highest BCUT2D eigenvalue weighted by Crippen LogP contribution is 2.47. The van der Waals surface area contributed by atoms with Gasteiger partial charge in [-0.2, -0.15) is 13.2 Å². The first-order valence-corrected chi connectivity index (χ1v) is 10.7. The fourth-order valence-corrected chi connectivity index (χ4v) is 4.58. The lowest BCUT2D eigenvalue weighted by molar-refractivity contribution is -0.154. The number of nitrogens with zero attached hydrogens (tertiary/aromatic N) is 1. The van der Waals surface area contributed by atoms with E-state index >= 15 is 0 Å². The molecule has 2 atom stereocenters. The number of carboxylic acids is 1. The SMILES string of the molecule is CC(c1ccc(-c2ccc(C(=O)O)cc2F)cc1Cl)C(c1ccc2oc(=O)n(C)c2c1)C(F)(F)F. The quantitative estimate of drug-likeness (QED) is 0.304. The second kappa shape index (κ2) is 8.88. The summed E-state index contributed by atoms with van der Waals surface area (Å²) in [6, 6.07) is 11.4. The normalized spacial score (nSPS) is 13.7. The highest BCUT2D eigenvalue weighted by molar-refractivity contribution is 6.31. The van der Waals surface area contributed by atoms with Crippen LogP contribution in [0, 0.1) is 5.82 Å². The van der Waals surface area contributed by atoms with Gasteiger partial charge < -0.3 is 9.52 Å². The summed E-state index contributed by atoms with van der Waals surface area (Å²) >= 11 is 6.37. The van der Waals surface area contributed by atoms with Gasteiger partial charge in [0.1, 0.15) is 5.82 Å². The molecule has 0 aliphatic heterocycles. The first kappa shape index (κ1) is 24.5. The van der Waals surface area contributed by atoms with Gasteiger partial charge in [0.25, 0.3) is 0 Å². The molecule has 1 aromatic heterocycles. The summed E-state index contributed by atoms with van der Waals surface area (Å²) in [5.74, 6) is -5.85. The third kappa shape index (κ3) is 4.55. The van der Waals surface area contributed by atoms with Crippen LogP contribution in [0.1, 0.15) is 40.2 Å². The monoisotopic (exact) mass is 507 g/mol. The molecule has 0 radical (unpaired) electrons. The van der Waals surface area contributed by atoms with Gasteiger partial charge in [-0.25, -0.2) is 14.0 Å². The van der Waals surface area contributed by atoms with E-state index in [1.165, 1.54) is 62.5 Å². The smallest absolute Gasteiger partial charge is 0.419 e. The predicted molar refractivity (Wildman–Crippen MR) is 122 cm³/mol. The summed E-state index contributed by atoms with van der Waals surface area (Å²) in [6.45, 7) is 1.39. The van der Waals surface area contributed by atoms with Gasteiger partial charge in [-0.3, -0.25) is 4.57 Å². The van der Waals surface area contributed by atoms with Crippen molar-refractivity contribution in [1.29, 1.82) is 0 Å². The Morgan fingerprint density at radius 1 is 1.09 bits per heavy atom. The summed E-state index contributed by atoms with van der Waals surface area (Å²) in [6.07, 6.45) is -4.64. The Morgan fingerprint density at radius 2 is 1.80 bits per heavy atom. The number of aromatic carboxylic acids is 1. The molecule has 0 bridgehead atoms. The number of carbonyl (C=O) groups is 1. The lowest BCUT2D eigenvalue weighted by Crippen LogP contribution is -2.26. The Morgan fingerprint density at radius 3 is 2.40 bits per heavy atom. The highest BCUT2D eigenvalue weighted by atomic mass is 35.5. The first-order chi connectivity index (χ1) is 16.4. The van der Waals surface area contributed by atoms with Crippen LogP contribution in [0.2, 0.25) is 5.02 Å². The number of oxazole rings is 1. The number of alkyl halides is 3. The van der Waals surface area contributed by atoms with E-state index in [2.05, 4.69) is 0 Å². The molecule has 0 saturated carbocycles. The van der Waals surface area contributed by atoms with Crippen LogP contribution in [0.25, 0.3) is 22.2 Å². The Balaban J connectivity index is 1.75. The number of benzene rings is 3. The summed E-state index contributed by atoms with van der Waals surface area (Å²) in [5.41, 5.74) is 0.658. The van der Waals surface area contributed by atoms with Crippen molar-refractivity contribution in [2.24, 2.45) is 7.05 Å². The molecular formula is C25H18ClF4NO4. The molecule has 0 saturated heterocycles. The van der Waals surface area contributed by atoms with Gasteiger partial charge in [0, 0.05) is 17.6 Å². The summed E-state index contributed by atoms with van der Waals surface area (Å²) in [5, 5.41) is 9.00. The van der Waals surface area contributed by atoms with Crippen molar-refractivity contribution in [2.75, 3.05) is 0 Å². The van der Waals surface area contributed by atoms with Gasteiger partial charge in [0.05, 0.1) is 17.0 Å². The van der Waals surface area contributed by atoms with Crippen LogP contribution < -0.4 is 5.76 Å². The first-order valence-electron chi connectivity index (χ1n) is 10.4. The number of rotatable bonds is 5. The van der Waals surface area contributed by atoms with Crippen LogP contribution in [0.4, 0.5) is 17.6 Å². The number of halogens is 5. The van der Waals surface area contributed by atoms with Crippen LogP contribution >= 0.6 is 11.6 Å². The van der Waals surface area contributed by atoms with Crippen LogP contribution in [-0.4, -0.2) is 21.8 Å². The lowest BCUT2D eigenvalue weighted by Gasteiger charge is -2.28. The average Bonchev–Trinajstić information content (AvgIpc) is 3.06. The molecule has 1 N–H and O–H groups in total. The summed E-state index contributed by atoms with van der Waals surface area (Å²) < 4.78 is 63.3.